The zero-order valence-corrected chi connectivity index (χ0v) is 27.3. The molecule has 1 aliphatic heterocycles. The molecule has 8 nitrogen and oxygen atoms in total. The van der Waals surface area contributed by atoms with Crippen molar-refractivity contribution in [1.29, 1.82) is 5.26 Å². The van der Waals surface area contributed by atoms with Crippen molar-refractivity contribution < 1.29 is 14.3 Å². The second-order valence-corrected chi connectivity index (χ2v) is 12.3. The van der Waals surface area contributed by atoms with Crippen LogP contribution in [0.1, 0.15) is 35.2 Å². The first-order chi connectivity index (χ1) is 22.4. The van der Waals surface area contributed by atoms with Crippen molar-refractivity contribution in [2.45, 2.75) is 19.6 Å². The molecule has 0 radical (unpaired) electrons. The lowest BCUT2D eigenvalue weighted by Gasteiger charge is -2.25. The van der Waals surface area contributed by atoms with Crippen molar-refractivity contribution in [3.05, 3.63) is 155 Å². The minimum Gasteiger partial charge on any atom is -0.497 e. The summed E-state index contributed by atoms with van der Waals surface area (Å²) in [7, 11) is 1.58. The average molecular weight is 692 g/mol. The fourth-order valence-corrected chi connectivity index (χ4v) is 6.80. The molecule has 6 rings (SSSR count). The van der Waals surface area contributed by atoms with Crippen molar-refractivity contribution in [2.24, 2.45) is 4.99 Å². The standard InChI is InChI=1S/C36H27BrN4O4S/c1-22-32(34(42)40-27-12-4-3-5-13-27)33(24-11-8-14-28(19-24)44-2)41-35(43)31(46-36(41)39-22)18-23-15-16-30(29(37)17-23)45-21-26-10-7-6-9-25(26)20-38/h3-19,33H,21H2,1-2H3,(H,40,42)/b31-18-. The Labute approximate surface area is 277 Å². The van der Waals surface area contributed by atoms with Crippen molar-refractivity contribution in [3.8, 4) is 17.6 Å². The summed E-state index contributed by atoms with van der Waals surface area (Å²) in [6.07, 6.45) is 1.80. The second-order valence-electron chi connectivity index (χ2n) is 10.4. The molecule has 0 aliphatic carbocycles. The van der Waals surface area contributed by atoms with Gasteiger partial charge in [-0.15, -0.1) is 0 Å². The number of hydrogen-bond donors (Lipinski definition) is 1. The molecule has 2 heterocycles. The molecule has 0 fully saturated rings. The highest BCUT2D eigenvalue weighted by molar-refractivity contribution is 9.10. The number of nitriles is 1. The molecular weight excluding hydrogens is 664 g/mol. The van der Waals surface area contributed by atoms with E-state index in [4.69, 9.17) is 14.5 Å². The van der Waals surface area contributed by atoms with Crippen molar-refractivity contribution in [2.75, 3.05) is 12.4 Å². The summed E-state index contributed by atoms with van der Waals surface area (Å²) < 4.78 is 14.2. The average Bonchev–Trinajstić information content (AvgIpc) is 3.37. The van der Waals surface area contributed by atoms with E-state index in [1.165, 1.54) is 11.3 Å². The van der Waals surface area contributed by atoms with Crippen LogP contribution in [0.2, 0.25) is 0 Å². The van der Waals surface area contributed by atoms with E-state index in [1.54, 1.807) is 30.7 Å². The number of carbonyl (C=O) groups is 1. The van der Waals surface area contributed by atoms with E-state index in [9.17, 15) is 14.9 Å². The Bertz CT molecular complexity index is 2220. The van der Waals surface area contributed by atoms with Crippen LogP contribution in [-0.2, 0) is 11.4 Å². The van der Waals surface area contributed by atoms with Crippen LogP contribution in [0.4, 0.5) is 5.69 Å². The predicted molar refractivity (Wildman–Crippen MR) is 181 cm³/mol. The highest BCUT2D eigenvalue weighted by atomic mass is 79.9. The van der Waals surface area contributed by atoms with Crippen LogP contribution >= 0.6 is 27.3 Å². The van der Waals surface area contributed by atoms with Gasteiger partial charge >= 0.3 is 0 Å². The molecule has 0 saturated heterocycles. The topological polar surface area (TPSA) is 106 Å². The number of methoxy groups -OCH3 is 1. The number of anilines is 1. The first-order valence-corrected chi connectivity index (χ1v) is 15.9. The smallest absolute Gasteiger partial charge is 0.271 e. The third kappa shape index (κ3) is 6.29. The maximum absolute atomic E-state index is 14.1. The fourth-order valence-electron chi connectivity index (χ4n) is 5.24. The summed E-state index contributed by atoms with van der Waals surface area (Å²) in [5.74, 6) is 0.876. The summed E-state index contributed by atoms with van der Waals surface area (Å²) in [6, 6.07) is 30.9. The van der Waals surface area contributed by atoms with E-state index in [-0.39, 0.29) is 18.1 Å². The molecule has 1 aliphatic rings. The number of benzene rings is 4. The van der Waals surface area contributed by atoms with Gasteiger partial charge in [0, 0.05) is 11.3 Å². The van der Waals surface area contributed by atoms with Crippen LogP contribution in [0.25, 0.3) is 6.08 Å². The summed E-state index contributed by atoms with van der Waals surface area (Å²) in [5.41, 5.74) is 4.13. The number of allylic oxidation sites excluding steroid dienone is 1. The van der Waals surface area contributed by atoms with E-state index in [1.807, 2.05) is 91.0 Å². The SMILES string of the molecule is COc1cccc(C2C(C(=O)Nc3ccccc3)=C(C)N=c3s/c(=C\c4ccc(OCc5ccccc5C#N)c(Br)c4)c(=O)n32)c1. The predicted octanol–water partition coefficient (Wildman–Crippen LogP) is 6.10. The van der Waals surface area contributed by atoms with Gasteiger partial charge in [-0.3, -0.25) is 14.2 Å². The van der Waals surface area contributed by atoms with Crippen molar-refractivity contribution in [3.63, 3.8) is 0 Å². The van der Waals surface area contributed by atoms with Gasteiger partial charge in [0.05, 0.1) is 45.1 Å². The Morgan fingerprint density at radius 1 is 1.07 bits per heavy atom. The Morgan fingerprint density at radius 3 is 2.61 bits per heavy atom. The second kappa shape index (κ2) is 13.4. The number of thiazole rings is 1. The Hall–Kier alpha value is -5.24. The number of nitrogens with zero attached hydrogens (tertiary/aromatic N) is 3. The van der Waals surface area contributed by atoms with Crippen molar-refractivity contribution in [1.82, 2.24) is 4.57 Å². The van der Waals surface area contributed by atoms with Crippen molar-refractivity contribution >= 4 is 44.9 Å². The molecule has 0 spiro atoms. The first-order valence-electron chi connectivity index (χ1n) is 14.3. The lowest BCUT2D eigenvalue weighted by molar-refractivity contribution is -0.113. The molecule has 5 aromatic rings. The molecule has 228 valence electrons. The summed E-state index contributed by atoms with van der Waals surface area (Å²) in [5, 5.41) is 12.3. The van der Waals surface area contributed by atoms with Gasteiger partial charge in [0.1, 0.15) is 18.1 Å². The Kier molecular flexibility index (Phi) is 8.97. The third-order valence-corrected chi connectivity index (χ3v) is 9.08. The maximum Gasteiger partial charge on any atom is 0.271 e. The number of nitrogens with one attached hydrogen (secondary N) is 1. The normalized spacial score (nSPS) is 14.2. The van der Waals surface area contributed by atoms with Gasteiger partial charge in [0.25, 0.3) is 11.5 Å². The molecule has 0 saturated carbocycles. The molecule has 1 unspecified atom stereocenters. The maximum atomic E-state index is 14.1. The largest absolute Gasteiger partial charge is 0.497 e. The summed E-state index contributed by atoms with van der Waals surface area (Å²) in [4.78, 5) is 33.1. The number of halogens is 1. The van der Waals surface area contributed by atoms with Crippen LogP contribution in [0, 0.1) is 11.3 Å². The Morgan fingerprint density at radius 2 is 1.85 bits per heavy atom. The Balaban J connectivity index is 1.37. The van der Waals surface area contributed by atoms with Gasteiger partial charge in [-0.1, -0.05) is 65.9 Å². The molecule has 46 heavy (non-hydrogen) atoms. The minimum atomic E-state index is -0.726. The first kappa shape index (κ1) is 30.8. The number of fused-ring (bicyclic) bond motifs is 1. The number of amides is 1. The molecular formula is C36H27BrN4O4S. The van der Waals surface area contributed by atoms with E-state index < -0.39 is 6.04 Å². The van der Waals surface area contributed by atoms with E-state index in [0.29, 0.717) is 47.8 Å². The fraction of sp³-hybridized carbons (Fsp3) is 0.111. The number of para-hydroxylation sites is 1. The molecule has 0 bridgehead atoms. The lowest BCUT2D eigenvalue weighted by atomic mass is 9.95. The van der Waals surface area contributed by atoms with Gasteiger partial charge in [0.2, 0.25) is 0 Å². The van der Waals surface area contributed by atoms with E-state index in [0.717, 1.165) is 16.7 Å². The zero-order chi connectivity index (χ0) is 32.2. The van der Waals surface area contributed by atoms with Crippen LogP contribution in [-0.4, -0.2) is 17.6 Å². The number of rotatable bonds is 8. The summed E-state index contributed by atoms with van der Waals surface area (Å²) >= 11 is 4.85. The highest BCUT2D eigenvalue weighted by Gasteiger charge is 2.32. The lowest BCUT2D eigenvalue weighted by Crippen LogP contribution is -2.40. The van der Waals surface area contributed by atoms with Crippen LogP contribution in [0.15, 0.2) is 123 Å². The van der Waals surface area contributed by atoms with Crippen LogP contribution in [0.5, 0.6) is 11.5 Å². The number of carbonyl (C=O) groups excluding carboxylic acids is 1. The van der Waals surface area contributed by atoms with E-state index >= 15 is 0 Å². The number of aromatic nitrogens is 1. The van der Waals surface area contributed by atoms with Gasteiger partial charge in [-0.05, 0) is 82.5 Å². The summed E-state index contributed by atoms with van der Waals surface area (Å²) in [6.45, 7) is 2.03. The highest BCUT2D eigenvalue weighted by Crippen LogP contribution is 2.33. The molecule has 1 N–H and O–H groups in total. The quantitative estimate of drug-likeness (QED) is 0.212. The van der Waals surface area contributed by atoms with Gasteiger partial charge in [-0.25, -0.2) is 4.99 Å². The number of ether oxygens (including phenoxy) is 2. The van der Waals surface area contributed by atoms with E-state index in [2.05, 4.69) is 27.3 Å². The molecule has 1 atom stereocenters. The molecule has 1 amide bonds. The third-order valence-electron chi connectivity index (χ3n) is 7.48. The molecule has 1 aromatic heterocycles. The van der Waals surface area contributed by atoms with Gasteiger partial charge < -0.3 is 14.8 Å². The van der Waals surface area contributed by atoms with Crippen LogP contribution < -0.4 is 29.7 Å². The zero-order valence-electron chi connectivity index (χ0n) is 24.9. The number of hydrogen-bond acceptors (Lipinski definition) is 7. The van der Waals surface area contributed by atoms with Crippen LogP contribution in [0.3, 0.4) is 0 Å². The molecule has 10 heteroatoms. The molecule has 4 aromatic carbocycles. The monoisotopic (exact) mass is 690 g/mol. The van der Waals surface area contributed by atoms with Gasteiger partial charge in [-0.2, -0.15) is 5.26 Å². The van der Waals surface area contributed by atoms with Gasteiger partial charge in [0.15, 0.2) is 4.80 Å². The minimum absolute atomic E-state index is 0.240.